The summed E-state index contributed by atoms with van der Waals surface area (Å²) in [5, 5.41) is 9.01. The molecule has 0 fully saturated rings. The van der Waals surface area contributed by atoms with Crippen molar-refractivity contribution in [2.45, 2.75) is 0 Å². The molecule has 2 aromatic heterocycles. The van der Waals surface area contributed by atoms with E-state index in [-0.39, 0.29) is 5.65 Å². The third kappa shape index (κ3) is 0.689. The van der Waals surface area contributed by atoms with E-state index in [1.807, 2.05) is 0 Å². The highest BCUT2D eigenvalue weighted by atomic mass is 16.5. The van der Waals surface area contributed by atoms with E-state index in [0.29, 0.717) is 10.2 Å². The first-order valence-corrected chi connectivity index (χ1v) is 2.89. The van der Waals surface area contributed by atoms with Gasteiger partial charge in [0.15, 0.2) is 0 Å². The molecule has 6 heteroatoms. The molecule has 0 atom stereocenters. The first kappa shape index (κ1) is 5.90. The fourth-order valence-corrected chi connectivity index (χ4v) is 0.826. The fraction of sp³-hybridized carbons (Fsp3) is 0. The lowest BCUT2D eigenvalue weighted by atomic mass is 10.6. The van der Waals surface area contributed by atoms with E-state index in [9.17, 15) is 4.79 Å². The number of aromatic amines is 1. The van der Waals surface area contributed by atoms with Gasteiger partial charge in [-0.05, 0) is 0 Å². The molecular formula is C5H4N4O2. The average Bonchev–Trinajstić information content (AvgIpc) is 2.45. The van der Waals surface area contributed by atoms with Crippen LogP contribution in [0.3, 0.4) is 0 Å². The van der Waals surface area contributed by atoms with E-state index in [1.54, 1.807) is 0 Å². The van der Waals surface area contributed by atoms with Gasteiger partial charge in [0.1, 0.15) is 5.52 Å². The summed E-state index contributed by atoms with van der Waals surface area (Å²) in [5.41, 5.74) is -0.0262. The monoisotopic (exact) mass is 152 g/mol. The molecule has 0 unspecified atom stereocenters. The fourth-order valence-electron chi connectivity index (χ4n) is 0.826. The number of H-pyrrole nitrogens is 1. The minimum atomic E-state index is -0.732. The van der Waals surface area contributed by atoms with Crippen molar-refractivity contribution >= 4 is 11.2 Å². The number of imidazole rings is 1. The van der Waals surface area contributed by atoms with E-state index >= 15 is 0 Å². The van der Waals surface area contributed by atoms with Gasteiger partial charge >= 0.3 is 5.69 Å². The molecule has 0 aromatic carbocycles. The van der Waals surface area contributed by atoms with Crippen LogP contribution in [0.1, 0.15) is 0 Å². The summed E-state index contributed by atoms with van der Waals surface area (Å²) in [5.74, 6) is 0. The zero-order valence-corrected chi connectivity index (χ0v) is 5.35. The van der Waals surface area contributed by atoms with E-state index in [0.717, 1.165) is 0 Å². The molecule has 0 radical (unpaired) electrons. The summed E-state index contributed by atoms with van der Waals surface area (Å²) < 4.78 is 0.395. The van der Waals surface area contributed by atoms with Crippen molar-refractivity contribution < 1.29 is 5.21 Å². The molecule has 2 aromatic rings. The predicted molar refractivity (Wildman–Crippen MR) is 35.3 cm³/mol. The van der Waals surface area contributed by atoms with Crippen LogP contribution in [-0.4, -0.2) is 24.9 Å². The van der Waals surface area contributed by atoms with Crippen LogP contribution in [0.4, 0.5) is 0 Å². The summed E-state index contributed by atoms with van der Waals surface area (Å²) in [6.07, 6.45) is 2.69. The van der Waals surface area contributed by atoms with Crippen LogP contribution in [0.25, 0.3) is 11.2 Å². The molecule has 0 saturated carbocycles. The standard InChI is InChI=1S/C5H4N4O2/c10-5-6-1-3-4(9(5)11)8-2-7-3/h1-2,11H,(H,7,8). The van der Waals surface area contributed by atoms with Crippen LogP contribution in [0.15, 0.2) is 17.3 Å². The SMILES string of the molecule is O=c1ncc2[nH]cnc2n1O. The smallest absolute Gasteiger partial charge is 0.382 e. The Kier molecular flexibility index (Phi) is 0.974. The largest absolute Gasteiger partial charge is 0.422 e. The number of rotatable bonds is 0. The minimum absolute atomic E-state index is 0.185. The van der Waals surface area contributed by atoms with E-state index in [4.69, 9.17) is 5.21 Å². The van der Waals surface area contributed by atoms with Crippen molar-refractivity contribution in [3.8, 4) is 0 Å². The third-order valence-electron chi connectivity index (χ3n) is 1.33. The van der Waals surface area contributed by atoms with Crippen molar-refractivity contribution in [1.29, 1.82) is 0 Å². The second kappa shape index (κ2) is 1.82. The van der Waals surface area contributed by atoms with Crippen LogP contribution >= 0.6 is 0 Å². The lowest BCUT2D eigenvalue weighted by Crippen LogP contribution is -2.20. The Morgan fingerprint density at radius 1 is 1.55 bits per heavy atom. The molecule has 0 aliphatic rings. The highest BCUT2D eigenvalue weighted by Gasteiger charge is 2.02. The van der Waals surface area contributed by atoms with Gasteiger partial charge in [0, 0.05) is 0 Å². The second-order valence-corrected chi connectivity index (χ2v) is 1.99. The predicted octanol–water partition coefficient (Wildman–Crippen LogP) is -0.643. The Morgan fingerprint density at radius 3 is 3.18 bits per heavy atom. The van der Waals surface area contributed by atoms with Gasteiger partial charge in [0.05, 0.1) is 12.5 Å². The number of nitrogens with zero attached hydrogens (tertiary/aromatic N) is 3. The Balaban J connectivity index is 3.04. The van der Waals surface area contributed by atoms with Crippen molar-refractivity contribution in [3.63, 3.8) is 0 Å². The molecule has 0 spiro atoms. The quantitative estimate of drug-likeness (QED) is 0.491. The number of hydrogen-bond donors (Lipinski definition) is 2. The highest BCUT2D eigenvalue weighted by Crippen LogP contribution is 2.00. The first-order valence-electron chi connectivity index (χ1n) is 2.89. The lowest BCUT2D eigenvalue weighted by Gasteiger charge is -1.92. The molecule has 0 saturated heterocycles. The first-order chi connectivity index (χ1) is 5.29. The Bertz CT molecular complexity index is 443. The zero-order chi connectivity index (χ0) is 7.84. The maximum absolute atomic E-state index is 10.7. The molecule has 56 valence electrons. The summed E-state index contributed by atoms with van der Waals surface area (Å²) in [4.78, 5) is 20.4. The Hall–Kier alpha value is -1.85. The van der Waals surface area contributed by atoms with Crippen LogP contribution in [0, 0.1) is 0 Å². The number of fused-ring (bicyclic) bond motifs is 1. The molecule has 2 heterocycles. The lowest BCUT2D eigenvalue weighted by molar-refractivity contribution is 0.182. The highest BCUT2D eigenvalue weighted by molar-refractivity contribution is 5.68. The van der Waals surface area contributed by atoms with Crippen LogP contribution in [-0.2, 0) is 0 Å². The molecule has 2 N–H and O–H groups in total. The second-order valence-electron chi connectivity index (χ2n) is 1.99. The van der Waals surface area contributed by atoms with E-state index < -0.39 is 5.69 Å². The van der Waals surface area contributed by atoms with Gasteiger partial charge in [-0.3, -0.25) is 0 Å². The van der Waals surface area contributed by atoms with E-state index in [2.05, 4.69) is 15.0 Å². The van der Waals surface area contributed by atoms with Gasteiger partial charge in [-0.1, -0.05) is 0 Å². The van der Waals surface area contributed by atoms with Crippen LogP contribution in [0.5, 0.6) is 0 Å². The minimum Gasteiger partial charge on any atom is -0.422 e. The molecule has 6 nitrogen and oxygen atoms in total. The molecule has 2 rings (SSSR count). The Labute approximate surface area is 60.1 Å². The number of hydrogen-bond acceptors (Lipinski definition) is 4. The van der Waals surface area contributed by atoms with Gasteiger partial charge in [-0.2, -0.15) is 4.98 Å². The van der Waals surface area contributed by atoms with E-state index in [1.165, 1.54) is 12.5 Å². The average molecular weight is 152 g/mol. The summed E-state index contributed by atoms with van der Waals surface area (Å²) in [6.45, 7) is 0. The molecule has 0 aliphatic heterocycles. The third-order valence-corrected chi connectivity index (χ3v) is 1.33. The van der Waals surface area contributed by atoms with Gasteiger partial charge in [-0.15, -0.1) is 4.73 Å². The van der Waals surface area contributed by atoms with Gasteiger partial charge in [0.25, 0.3) is 0 Å². The van der Waals surface area contributed by atoms with Crippen LogP contribution in [0.2, 0.25) is 0 Å². The maximum atomic E-state index is 10.7. The summed E-state index contributed by atoms with van der Waals surface area (Å²) in [6, 6.07) is 0. The molecule has 11 heavy (non-hydrogen) atoms. The summed E-state index contributed by atoms with van der Waals surface area (Å²) >= 11 is 0. The van der Waals surface area contributed by atoms with Crippen molar-refractivity contribution in [2.24, 2.45) is 0 Å². The van der Waals surface area contributed by atoms with Gasteiger partial charge in [-0.25, -0.2) is 9.78 Å². The molecular weight excluding hydrogens is 148 g/mol. The molecule has 0 bridgehead atoms. The normalized spacial score (nSPS) is 10.5. The zero-order valence-electron chi connectivity index (χ0n) is 5.35. The van der Waals surface area contributed by atoms with Crippen molar-refractivity contribution in [3.05, 3.63) is 23.0 Å². The van der Waals surface area contributed by atoms with Gasteiger partial charge < -0.3 is 10.2 Å². The maximum Gasteiger partial charge on any atom is 0.382 e. The summed E-state index contributed by atoms with van der Waals surface area (Å²) in [7, 11) is 0. The Morgan fingerprint density at radius 2 is 2.36 bits per heavy atom. The number of nitrogens with one attached hydrogen (secondary N) is 1. The van der Waals surface area contributed by atoms with Crippen molar-refractivity contribution in [2.75, 3.05) is 0 Å². The molecule has 0 aliphatic carbocycles. The van der Waals surface area contributed by atoms with Crippen molar-refractivity contribution in [1.82, 2.24) is 19.7 Å². The van der Waals surface area contributed by atoms with Gasteiger partial charge in [0.2, 0.25) is 5.65 Å². The van der Waals surface area contributed by atoms with Crippen LogP contribution < -0.4 is 5.69 Å². The topological polar surface area (TPSA) is 83.8 Å². The molecule has 0 amide bonds. The number of aromatic nitrogens is 4.